The average molecular weight is 564 g/mol. The summed E-state index contributed by atoms with van der Waals surface area (Å²) in [5.41, 5.74) is -1.76. The lowest BCUT2D eigenvalue weighted by molar-refractivity contribution is -0.150. The fourth-order valence-electron chi connectivity index (χ4n) is 3.27. The average Bonchev–Trinajstić information content (AvgIpc) is 3.06. The van der Waals surface area contributed by atoms with Crippen LogP contribution in [0.4, 0.5) is 4.39 Å². The Labute approximate surface area is 216 Å². The molecule has 37 heavy (non-hydrogen) atoms. The monoisotopic (exact) mass is 563 g/mol. The van der Waals surface area contributed by atoms with E-state index in [-0.39, 0.29) is 11.9 Å². The van der Waals surface area contributed by atoms with E-state index in [0.717, 1.165) is 12.3 Å². The maximum absolute atomic E-state index is 15.2. The van der Waals surface area contributed by atoms with Gasteiger partial charge < -0.3 is 19.1 Å². The number of nitrogens with zero attached hydrogens (tertiary/aromatic N) is 1. The molecule has 3 rings (SSSR count). The zero-order valence-corrected chi connectivity index (χ0v) is 21.9. The van der Waals surface area contributed by atoms with E-state index in [1.54, 1.807) is 25.1 Å². The number of benzene rings is 1. The summed E-state index contributed by atoms with van der Waals surface area (Å²) in [6, 6.07) is 7.71. The van der Waals surface area contributed by atoms with Gasteiger partial charge in [-0.25, -0.2) is 13.8 Å². The third kappa shape index (κ3) is 7.07. The molecule has 1 aromatic heterocycles. The molecule has 2 heterocycles. The van der Waals surface area contributed by atoms with Crippen LogP contribution in [-0.2, 0) is 23.4 Å². The van der Waals surface area contributed by atoms with Gasteiger partial charge in [0.1, 0.15) is 24.0 Å². The van der Waals surface area contributed by atoms with E-state index in [1.165, 1.54) is 19.1 Å². The van der Waals surface area contributed by atoms with E-state index >= 15 is 4.39 Å². The Kier molecular flexibility index (Phi) is 9.32. The number of halogens is 2. The second kappa shape index (κ2) is 11.9. The van der Waals surface area contributed by atoms with Crippen LogP contribution in [0.15, 0.2) is 52.2 Å². The van der Waals surface area contributed by atoms with Gasteiger partial charge in [0.15, 0.2) is 6.23 Å². The van der Waals surface area contributed by atoms with Crippen molar-refractivity contribution in [3.05, 3.63) is 63.4 Å². The fraction of sp³-hybridized carbons (Fsp3) is 0.500. The highest BCUT2D eigenvalue weighted by atomic mass is 35.5. The highest BCUT2D eigenvalue weighted by Gasteiger charge is 2.58. The summed E-state index contributed by atoms with van der Waals surface area (Å²) in [6.07, 6.45) is -4.29. The van der Waals surface area contributed by atoms with E-state index in [1.807, 2.05) is 11.9 Å². The minimum absolute atomic E-state index is 0.128. The van der Waals surface area contributed by atoms with Crippen LogP contribution in [0, 0.1) is 0 Å². The minimum atomic E-state index is -4.36. The molecule has 204 valence electrons. The predicted molar refractivity (Wildman–Crippen MR) is 130 cm³/mol. The van der Waals surface area contributed by atoms with Crippen LogP contribution < -0.4 is 20.9 Å². The second-order valence-electron chi connectivity index (χ2n) is 8.37. The number of carbonyl (C=O) groups excluding carboxylic acids is 1. The topological polar surface area (TPSA) is 158 Å². The number of aromatic amines is 1. The molecule has 0 spiro atoms. The van der Waals surface area contributed by atoms with Gasteiger partial charge in [0.25, 0.3) is 10.7 Å². The van der Waals surface area contributed by atoms with Crippen LogP contribution in [0.2, 0.25) is 0 Å². The summed E-state index contributed by atoms with van der Waals surface area (Å²) in [4.78, 5) is 37.8. The summed E-state index contributed by atoms with van der Waals surface area (Å²) in [6.45, 7) is 4.18. The molecule has 1 aromatic carbocycles. The zero-order valence-electron chi connectivity index (χ0n) is 20.2. The molecule has 15 heteroatoms. The number of para-hydroxylation sites is 1. The van der Waals surface area contributed by atoms with Crippen molar-refractivity contribution in [1.29, 1.82) is 0 Å². The lowest BCUT2D eigenvalue weighted by atomic mass is 10.1. The van der Waals surface area contributed by atoms with Crippen LogP contribution in [0.5, 0.6) is 5.75 Å². The highest BCUT2D eigenvalue weighted by Crippen LogP contribution is 2.48. The zero-order chi connectivity index (χ0) is 27.4. The van der Waals surface area contributed by atoms with Crippen molar-refractivity contribution in [3.63, 3.8) is 0 Å². The molecular weight excluding hydrogens is 536 g/mol. The number of ether oxygens (including phenoxy) is 2. The standard InChI is InChI=1S/C22H28ClFN3O9P/c1-4-13(2)34-19(30)14(3)26-37(32,36-15-8-6-5-7-9-15)33-12-16-18(29)22(23,24)20(35-16)27-11-10-17(28)25-21(27)31/h5-11,13-14,16,18,20,29H,4,12H2,1-3H3,(H,26,32)(H,25,28,31)/t13-,14-,16+,18+,20+,22+,37?/m0/s1. The Bertz CT molecular complexity index is 1240. The number of aliphatic hydroxyl groups excluding tert-OH is 1. The smallest absolute Gasteiger partial charge is 0.459 e. The van der Waals surface area contributed by atoms with Gasteiger partial charge in [0.2, 0.25) is 0 Å². The molecule has 0 bridgehead atoms. The Hall–Kier alpha value is -2.54. The van der Waals surface area contributed by atoms with E-state index in [2.05, 4.69) is 5.09 Å². The first-order valence-electron chi connectivity index (χ1n) is 11.4. The summed E-state index contributed by atoms with van der Waals surface area (Å²) in [5.74, 6) is -0.586. The molecular formula is C22H28ClFN3O9P. The van der Waals surface area contributed by atoms with Gasteiger partial charge in [-0.15, -0.1) is 0 Å². The van der Waals surface area contributed by atoms with Gasteiger partial charge >= 0.3 is 19.4 Å². The molecule has 12 nitrogen and oxygen atoms in total. The molecule has 1 unspecified atom stereocenters. The lowest BCUT2D eigenvalue weighted by Gasteiger charge is -2.25. The van der Waals surface area contributed by atoms with Crippen molar-refractivity contribution in [3.8, 4) is 5.75 Å². The van der Waals surface area contributed by atoms with Crippen LogP contribution in [0.1, 0.15) is 33.4 Å². The molecule has 2 aromatic rings. The molecule has 0 aliphatic carbocycles. The number of rotatable bonds is 11. The Morgan fingerprint density at radius 1 is 1.32 bits per heavy atom. The van der Waals surface area contributed by atoms with Crippen molar-refractivity contribution >= 4 is 25.3 Å². The van der Waals surface area contributed by atoms with Crippen LogP contribution in [-0.4, -0.2) is 56.7 Å². The molecule has 1 aliphatic heterocycles. The van der Waals surface area contributed by atoms with Gasteiger partial charge in [-0.2, -0.15) is 5.09 Å². The first-order valence-corrected chi connectivity index (χ1v) is 13.3. The number of nitrogens with one attached hydrogen (secondary N) is 2. The predicted octanol–water partition coefficient (Wildman–Crippen LogP) is 2.22. The van der Waals surface area contributed by atoms with Crippen molar-refractivity contribution in [1.82, 2.24) is 14.6 Å². The maximum Gasteiger partial charge on any atom is 0.459 e. The molecule has 1 aliphatic rings. The number of esters is 1. The Balaban J connectivity index is 1.79. The summed E-state index contributed by atoms with van der Waals surface area (Å²) >= 11 is 5.87. The number of alkyl halides is 2. The SMILES string of the molecule is CC[C@H](C)OC(=O)[C@H](C)NP(=O)(OC[C@H]1O[C@@H](n2ccc(=O)[nH]c2=O)[C@@](F)(Cl)[C@@H]1O)Oc1ccccc1. The van der Waals surface area contributed by atoms with Crippen molar-refractivity contribution in [2.75, 3.05) is 6.61 Å². The quantitative estimate of drug-likeness (QED) is 0.210. The number of hydrogen-bond acceptors (Lipinski definition) is 9. The summed E-state index contributed by atoms with van der Waals surface area (Å²) < 4.78 is 51.1. The third-order valence-corrected chi connectivity index (χ3v) is 7.51. The fourth-order valence-corrected chi connectivity index (χ4v) is 5.07. The molecule has 0 saturated carbocycles. The molecule has 1 saturated heterocycles. The van der Waals surface area contributed by atoms with Gasteiger partial charge in [0, 0.05) is 12.3 Å². The Morgan fingerprint density at radius 2 is 2.00 bits per heavy atom. The normalized spacial score (nSPS) is 26.7. The number of aliphatic hydroxyl groups is 1. The first kappa shape index (κ1) is 29.0. The largest absolute Gasteiger partial charge is 0.462 e. The molecule has 0 amide bonds. The molecule has 1 fully saturated rings. The van der Waals surface area contributed by atoms with E-state index in [0.29, 0.717) is 11.0 Å². The number of aromatic nitrogens is 2. The summed E-state index contributed by atoms with van der Waals surface area (Å²) in [5, 5.41) is 9.91. The Morgan fingerprint density at radius 3 is 2.62 bits per heavy atom. The maximum atomic E-state index is 15.2. The van der Waals surface area contributed by atoms with Gasteiger partial charge in [0.05, 0.1) is 12.7 Å². The van der Waals surface area contributed by atoms with Crippen LogP contribution >= 0.6 is 19.3 Å². The third-order valence-electron chi connectivity index (χ3n) is 5.46. The van der Waals surface area contributed by atoms with Crippen LogP contribution in [0.25, 0.3) is 0 Å². The molecule has 7 atom stereocenters. The number of hydrogen-bond donors (Lipinski definition) is 3. The van der Waals surface area contributed by atoms with E-state index in [9.17, 15) is 24.1 Å². The summed E-state index contributed by atoms with van der Waals surface area (Å²) in [7, 11) is -4.36. The molecule has 0 radical (unpaired) electrons. The van der Waals surface area contributed by atoms with Crippen molar-refractivity contribution in [2.45, 2.75) is 62.9 Å². The van der Waals surface area contributed by atoms with Gasteiger partial charge in [-0.3, -0.25) is 23.7 Å². The lowest BCUT2D eigenvalue weighted by Crippen LogP contribution is -2.42. The number of carbonyl (C=O) groups is 1. The van der Waals surface area contributed by atoms with E-state index in [4.69, 9.17) is 30.1 Å². The number of H-pyrrole nitrogens is 1. The highest BCUT2D eigenvalue weighted by molar-refractivity contribution is 7.52. The van der Waals surface area contributed by atoms with Gasteiger partial charge in [-0.05, 0) is 32.4 Å². The van der Waals surface area contributed by atoms with E-state index < -0.39 is 61.2 Å². The second-order valence-corrected chi connectivity index (χ2v) is 10.6. The van der Waals surface area contributed by atoms with Crippen molar-refractivity contribution < 1.29 is 37.4 Å². The van der Waals surface area contributed by atoms with Crippen LogP contribution in [0.3, 0.4) is 0 Å². The van der Waals surface area contributed by atoms with Gasteiger partial charge in [-0.1, -0.05) is 36.7 Å². The minimum Gasteiger partial charge on any atom is -0.462 e. The van der Waals surface area contributed by atoms with Crippen molar-refractivity contribution in [2.24, 2.45) is 0 Å². The first-order chi connectivity index (χ1) is 17.4. The molecule has 3 N–H and O–H groups in total.